The number of hydrogen-bond acceptors (Lipinski definition) is 3. The van der Waals surface area contributed by atoms with E-state index in [-0.39, 0.29) is 25.0 Å². The molecule has 0 aliphatic heterocycles. The van der Waals surface area contributed by atoms with Crippen LogP contribution >= 0.6 is 23.2 Å². The first-order chi connectivity index (χ1) is 9.45. The molecule has 2 amide bonds. The Morgan fingerprint density at radius 2 is 1.90 bits per heavy atom. The number of hydrogen-bond donors (Lipinski definition) is 1. The second-order valence-electron chi connectivity index (χ2n) is 4.03. The summed E-state index contributed by atoms with van der Waals surface area (Å²) in [6.07, 6.45) is 0. The van der Waals surface area contributed by atoms with Crippen LogP contribution in [0.25, 0.3) is 0 Å². The van der Waals surface area contributed by atoms with Crippen LogP contribution in [-0.2, 0) is 14.3 Å². The number of likely N-dealkylation sites (N-methyl/N-ethyl adjacent to an activating group) is 1. The molecule has 5 nitrogen and oxygen atoms in total. The van der Waals surface area contributed by atoms with Gasteiger partial charge in [-0.3, -0.25) is 9.59 Å². The van der Waals surface area contributed by atoms with Gasteiger partial charge in [-0.2, -0.15) is 0 Å². The van der Waals surface area contributed by atoms with E-state index in [0.717, 1.165) is 0 Å². The third-order valence-corrected chi connectivity index (χ3v) is 3.09. The standard InChI is InChI=1S/C13H16Cl2N2O3/c1-3-20-8-12(19)17(2)7-11(18)16-13-9(14)5-4-6-10(13)15/h4-6H,3,7-8H2,1-2H3,(H,16,18). The molecule has 0 aliphatic carbocycles. The van der Waals surface area contributed by atoms with Crippen LogP contribution in [0.2, 0.25) is 10.0 Å². The van der Waals surface area contributed by atoms with Crippen LogP contribution in [0, 0.1) is 0 Å². The number of carbonyl (C=O) groups is 2. The lowest BCUT2D eigenvalue weighted by molar-refractivity contribution is -0.137. The average molecular weight is 319 g/mol. The lowest BCUT2D eigenvalue weighted by Crippen LogP contribution is -2.37. The Labute approximate surface area is 127 Å². The highest BCUT2D eigenvalue weighted by Crippen LogP contribution is 2.29. The average Bonchev–Trinajstić information content (AvgIpc) is 2.40. The first kappa shape index (κ1) is 16.8. The Balaban J connectivity index is 2.57. The fraction of sp³-hybridized carbons (Fsp3) is 0.385. The van der Waals surface area contributed by atoms with Crippen molar-refractivity contribution < 1.29 is 14.3 Å². The summed E-state index contributed by atoms with van der Waals surface area (Å²) in [5.74, 6) is -0.653. The monoisotopic (exact) mass is 318 g/mol. The molecule has 0 radical (unpaired) electrons. The fourth-order valence-electron chi connectivity index (χ4n) is 1.40. The Kier molecular flexibility index (Phi) is 6.78. The van der Waals surface area contributed by atoms with Crippen LogP contribution < -0.4 is 5.32 Å². The molecule has 7 heteroatoms. The second kappa shape index (κ2) is 8.09. The van der Waals surface area contributed by atoms with Gasteiger partial charge in [0.25, 0.3) is 0 Å². The number of para-hydroxylation sites is 1. The molecule has 20 heavy (non-hydrogen) atoms. The lowest BCUT2D eigenvalue weighted by Gasteiger charge is -2.17. The van der Waals surface area contributed by atoms with Gasteiger partial charge in [0.1, 0.15) is 6.61 Å². The minimum absolute atomic E-state index is 0.0485. The van der Waals surface area contributed by atoms with Crippen molar-refractivity contribution in [2.75, 3.05) is 32.1 Å². The lowest BCUT2D eigenvalue weighted by atomic mass is 10.3. The van der Waals surface area contributed by atoms with Crippen LogP contribution in [0.5, 0.6) is 0 Å². The van der Waals surface area contributed by atoms with Gasteiger partial charge in [0.15, 0.2) is 0 Å². The van der Waals surface area contributed by atoms with Crippen molar-refractivity contribution >= 4 is 40.7 Å². The predicted octanol–water partition coefficient (Wildman–Crippen LogP) is 2.43. The molecule has 0 aromatic heterocycles. The molecule has 0 bridgehead atoms. The molecular formula is C13H16Cl2N2O3. The number of ether oxygens (including phenoxy) is 1. The molecule has 0 saturated heterocycles. The van der Waals surface area contributed by atoms with E-state index in [2.05, 4.69) is 5.32 Å². The maximum Gasteiger partial charge on any atom is 0.248 e. The SMILES string of the molecule is CCOCC(=O)N(C)CC(=O)Nc1c(Cl)cccc1Cl. The van der Waals surface area contributed by atoms with Gasteiger partial charge in [0.2, 0.25) is 11.8 Å². The van der Waals surface area contributed by atoms with Crippen molar-refractivity contribution in [3.05, 3.63) is 28.2 Å². The molecule has 0 fully saturated rings. The summed E-state index contributed by atoms with van der Waals surface area (Å²) in [5, 5.41) is 3.27. The number of benzene rings is 1. The second-order valence-corrected chi connectivity index (χ2v) is 4.85. The topological polar surface area (TPSA) is 58.6 Å². The van der Waals surface area contributed by atoms with E-state index in [9.17, 15) is 9.59 Å². The summed E-state index contributed by atoms with van der Waals surface area (Å²) in [6, 6.07) is 4.91. The zero-order chi connectivity index (χ0) is 15.1. The molecule has 1 aromatic rings. The molecule has 0 atom stereocenters. The van der Waals surface area contributed by atoms with Crippen LogP contribution in [-0.4, -0.2) is 43.5 Å². The minimum Gasteiger partial charge on any atom is -0.372 e. The van der Waals surface area contributed by atoms with E-state index in [0.29, 0.717) is 22.3 Å². The highest BCUT2D eigenvalue weighted by Gasteiger charge is 2.15. The molecule has 0 saturated carbocycles. The Bertz CT molecular complexity index is 474. The number of halogens is 2. The number of rotatable bonds is 6. The zero-order valence-electron chi connectivity index (χ0n) is 11.3. The fourth-order valence-corrected chi connectivity index (χ4v) is 1.89. The maximum atomic E-state index is 11.8. The number of nitrogens with one attached hydrogen (secondary N) is 1. The number of anilines is 1. The number of carbonyl (C=O) groups excluding carboxylic acids is 2. The normalized spacial score (nSPS) is 10.2. The molecule has 1 N–H and O–H groups in total. The van der Waals surface area contributed by atoms with Gasteiger partial charge in [-0.15, -0.1) is 0 Å². The first-order valence-corrected chi connectivity index (χ1v) is 6.76. The largest absolute Gasteiger partial charge is 0.372 e. The first-order valence-electron chi connectivity index (χ1n) is 6.01. The van der Waals surface area contributed by atoms with Crippen molar-refractivity contribution in [3.8, 4) is 0 Å². The van der Waals surface area contributed by atoms with Crippen molar-refractivity contribution in [1.29, 1.82) is 0 Å². The van der Waals surface area contributed by atoms with E-state index >= 15 is 0 Å². The van der Waals surface area contributed by atoms with Gasteiger partial charge in [-0.25, -0.2) is 0 Å². The van der Waals surface area contributed by atoms with Gasteiger partial charge >= 0.3 is 0 Å². The highest BCUT2D eigenvalue weighted by atomic mass is 35.5. The van der Waals surface area contributed by atoms with Crippen molar-refractivity contribution in [2.45, 2.75) is 6.92 Å². The van der Waals surface area contributed by atoms with Gasteiger partial charge in [-0.1, -0.05) is 29.3 Å². The summed E-state index contributed by atoms with van der Waals surface area (Å²) in [5.41, 5.74) is 0.339. The molecule has 0 unspecified atom stereocenters. The molecule has 0 heterocycles. The summed E-state index contributed by atoms with van der Waals surface area (Å²) in [4.78, 5) is 24.7. The van der Waals surface area contributed by atoms with Gasteiger partial charge < -0.3 is 15.0 Å². The van der Waals surface area contributed by atoms with Gasteiger partial charge in [0.05, 0.1) is 22.3 Å². The van der Waals surface area contributed by atoms with Crippen molar-refractivity contribution in [3.63, 3.8) is 0 Å². The quantitative estimate of drug-likeness (QED) is 0.876. The van der Waals surface area contributed by atoms with Crippen LogP contribution in [0.3, 0.4) is 0 Å². The molecule has 1 aromatic carbocycles. The van der Waals surface area contributed by atoms with E-state index in [1.54, 1.807) is 25.1 Å². The molecular weight excluding hydrogens is 303 g/mol. The van der Waals surface area contributed by atoms with Crippen molar-refractivity contribution in [1.82, 2.24) is 4.90 Å². The van der Waals surface area contributed by atoms with E-state index in [1.165, 1.54) is 11.9 Å². The van der Waals surface area contributed by atoms with E-state index in [1.807, 2.05) is 0 Å². The van der Waals surface area contributed by atoms with E-state index in [4.69, 9.17) is 27.9 Å². The molecule has 110 valence electrons. The van der Waals surface area contributed by atoms with Crippen LogP contribution in [0.1, 0.15) is 6.92 Å². The summed E-state index contributed by atoms with van der Waals surface area (Å²) in [7, 11) is 1.52. The summed E-state index contributed by atoms with van der Waals surface area (Å²) < 4.78 is 4.99. The Morgan fingerprint density at radius 1 is 1.30 bits per heavy atom. The zero-order valence-corrected chi connectivity index (χ0v) is 12.8. The highest BCUT2D eigenvalue weighted by molar-refractivity contribution is 6.39. The summed E-state index contributed by atoms with van der Waals surface area (Å²) in [6.45, 7) is 2.08. The smallest absolute Gasteiger partial charge is 0.248 e. The number of amides is 2. The summed E-state index contributed by atoms with van der Waals surface area (Å²) >= 11 is 11.9. The molecule has 0 aliphatic rings. The maximum absolute atomic E-state index is 11.8. The van der Waals surface area contributed by atoms with Gasteiger partial charge in [-0.05, 0) is 19.1 Å². The number of nitrogens with zero attached hydrogens (tertiary/aromatic N) is 1. The predicted molar refractivity (Wildman–Crippen MR) is 79.2 cm³/mol. The van der Waals surface area contributed by atoms with Gasteiger partial charge in [0, 0.05) is 13.7 Å². The van der Waals surface area contributed by atoms with Crippen LogP contribution in [0.15, 0.2) is 18.2 Å². The Morgan fingerprint density at radius 3 is 2.45 bits per heavy atom. The molecule has 0 spiro atoms. The van der Waals surface area contributed by atoms with E-state index < -0.39 is 0 Å². The van der Waals surface area contributed by atoms with Crippen LogP contribution in [0.4, 0.5) is 5.69 Å². The third-order valence-electron chi connectivity index (χ3n) is 2.46. The molecule has 1 rings (SSSR count). The minimum atomic E-state index is -0.382. The van der Waals surface area contributed by atoms with Crippen molar-refractivity contribution in [2.24, 2.45) is 0 Å². The Hall–Kier alpha value is -1.30. The third kappa shape index (κ3) is 5.00.